The molecule has 1 N–H and O–H groups in total. The number of carbonyl (C=O) groups is 2. The molecule has 5 heteroatoms. The van der Waals surface area contributed by atoms with Crippen LogP contribution in [0.25, 0.3) is 0 Å². The van der Waals surface area contributed by atoms with Crippen molar-refractivity contribution in [3.63, 3.8) is 0 Å². The van der Waals surface area contributed by atoms with Gasteiger partial charge in [0, 0.05) is 24.9 Å². The zero-order valence-electron chi connectivity index (χ0n) is 14.5. The van der Waals surface area contributed by atoms with E-state index in [1.165, 1.54) is 0 Å². The van der Waals surface area contributed by atoms with Crippen molar-refractivity contribution in [1.82, 2.24) is 4.90 Å². The summed E-state index contributed by atoms with van der Waals surface area (Å²) in [6, 6.07) is 7.86. The van der Waals surface area contributed by atoms with Crippen molar-refractivity contribution in [2.75, 3.05) is 13.7 Å². The predicted octanol–water partition coefficient (Wildman–Crippen LogP) is 3.12. The summed E-state index contributed by atoms with van der Waals surface area (Å²) in [6.07, 6.45) is 4.35. The van der Waals surface area contributed by atoms with Gasteiger partial charge in [0.2, 0.25) is 5.91 Å². The molecule has 132 valence electrons. The van der Waals surface area contributed by atoms with Crippen molar-refractivity contribution in [2.24, 2.45) is 5.92 Å². The van der Waals surface area contributed by atoms with E-state index in [0.717, 1.165) is 37.1 Å². The Morgan fingerprint density at radius 3 is 2.62 bits per heavy atom. The normalized spacial score (nSPS) is 18.9. The first kappa shape index (κ1) is 18.3. The Morgan fingerprint density at radius 1 is 1.29 bits per heavy atom. The summed E-state index contributed by atoms with van der Waals surface area (Å²) < 4.78 is 5.15. The second kappa shape index (κ2) is 8.71. The third-order valence-electron chi connectivity index (χ3n) is 4.72. The summed E-state index contributed by atoms with van der Waals surface area (Å²) in [6.45, 7) is 2.70. The van der Waals surface area contributed by atoms with Gasteiger partial charge in [0.1, 0.15) is 5.75 Å². The first-order valence-electron chi connectivity index (χ1n) is 8.66. The fourth-order valence-electron chi connectivity index (χ4n) is 3.37. The Kier molecular flexibility index (Phi) is 6.64. The number of amides is 1. The average molecular weight is 333 g/mol. The molecule has 1 aromatic rings. The van der Waals surface area contributed by atoms with E-state index < -0.39 is 5.97 Å². The van der Waals surface area contributed by atoms with Gasteiger partial charge in [-0.05, 0) is 49.8 Å². The second-order valence-corrected chi connectivity index (χ2v) is 6.57. The van der Waals surface area contributed by atoms with Gasteiger partial charge in [-0.3, -0.25) is 9.59 Å². The van der Waals surface area contributed by atoms with E-state index in [9.17, 15) is 9.59 Å². The molecule has 1 saturated heterocycles. The van der Waals surface area contributed by atoms with Crippen LogP contribution >= 0.6 is 0 Å². The van der Waals surface area contributed by atoms with Gasteiger partial charge >= 0.3 is 5.97 Å². The van der Waals surface area contributed by atoms with Crippen LogP contribution in [0.1, 0.15) is 44.6 Å². The Labute approximate surface area is 143 Å². The van der Waals surface area contributed by atoms with Crippen LogP contribution in [0.5, 0.6) is 5.75 Å². The molecule has 1 aromatic carbocycles. The van der Waals surface area contributed by atoms with Crippen LogP contribution in [-0.2, 0) is 16.0 Å². The number of hydrogen-bond acceptors (Lipinski definition) is 3. The number of hydrogen-bond donors (Lipinski definition) is 1. The molecule has 0 radical (unpaired) electrons. The Bertz CT molecular complexity index is 555. The smallest absolute Gasteiger partial charge is 0.303 e. The summed E-state index contributed by atoms with van der Waals surface area (Å²) in [4.78, 5) is 25.6. The molecule has 0 bridgehead atoms. The Hall–Kier alpha value is -2.04. The lowest BCUT2D eigenvalue weighted by molar-refractivity contribution is -0.142. The summed E-state index contributed by atoms with van der Waals surface area (Å²) in [5.74, 6) is 0.0477. The van der Waals surface area contributed by atoms with Crippen molar-refractivity contribution in [3.05, 3.63) is 29.8 Å². The highest BCUT2D eigenvalue weighted by atomic mass is 16.5. The molecular formula is C19H27NO4. The number of nitrogens with zero attached hydrogens (tertiary/aromatic N) is 1. The van der Waals surface area contributed by atoms with Crippen molar-refractivity contribution in [3.8, 4) is 5.75 Å². The number of carboxylic acid groups (broad SMARTS) is 1. The Morgan fingerprint density at radius 2 is 2.00 bits per heavy atom. The molecule has 1 heterocycles. The number of carboxylic acids is 1. The van der Waals surface area contributed by atoms with Crippen LogP contribution in [-0.4, -0.2) is 41.6 Å². The maximum atomic E-state index is 12.8. The number of carbonyl (C=O) groups excluding carboxylic acids is 1. The summed E-state index contributed by atoms with van der Waals surface area (Å²) in [7, 11) is 1.63. The number of likely N-dealkylation sites (tertiary alicyclic amines) is 1. The van der Waals surface area contributed by atoms with Crippen LogP contribution in [0.4, 0.5) is 0 Å². The molecule has 24 heavy (non-hydrogen) atoms. The molecule has 1 aliphatic rings. The highest BCUT2D eigenvalue weighted by Crippen LogP contribution is 2.24. The molecule has 0 spiro atoms. The minimum atomic E-state index is -0.792. The molecule has 1 aliphatic heterocycles. The third-order valence-corrected chi connectivity index (χ3v) is 4.72. The minimum absolute atomic E-state index is 0.0701. The van der Waals surface area contributed by atoms with E-state index >= 15 is 0 Å². The summed E-state index contributed by atoms with van der Waals surface area (Å²) in [5, 5.41) is 8.90. The van der Waals surface area contributed by atoms with Crippen LogP contribution in [0.3, 0.4) is 0 Å². The molecule has 0 saturated carbocycles. The van der Waals surface area contributed by atoms with Gasteiger partial charge < -0.3 is 14.7 Å². The van der Waals surface area contributed by atoms with E-state index in [0.29, 0.717) is 12.8 Å². The maximum absolute atomic E-state index is 12.8. The minimum Gasteiger partial charge on any atom is -0.497 e. The van der Waals surface area contributed by atoms with Crippen LogP contribution < -0.4 is 4.74 Å². The van der Waals surface area contributed by atoms with E-state index in [1.807, 2.05) is 36.1 Å². The standard InChI is InChI=1S/C19H27NO4/c1-14(13-15-6-9-17(24-2)10-7-15)19(23)20-12-4-3-5-16(20)8-11-18(21)22/h6-7,9-10,14,16H,3-5,8,11-13H2,1-2H3,(H,21,22). The lowest BCUT2D eigenvalue weighted by Crippen LogP contribution is -2.46. The lowest BCUT2D eigenvalue weighted by Gasteiger charge is -2.37. The van der Waals surface area contributed by atoms with Crippen molar-refractivity contribution in [1.29, 1.82) is 0 Å². The third kappa shape index (κ3) is 4.98. The zero-order valence-corrected chi connectivity index (χ0v) is 14.5. The maximum Gasteiger partial charge on any atom is 0.303 e. The average Bonchev–Trinajstić information content (AvgIpc) is 2.60. The number of ether oxygens (including phenoxy) is 1. The molecular weight excluding hydrogens is 306 g/mol. The van der Waals surface area contributed by atoms with E-state index in [-0.39, 0.29) is 24.3 Å². The molecule has 2 unspecified atom stereocenters. The van der Waals surface area contributed by atoms with Crippen molar-refractivity contribution < 1.29 is 19.4 Å². The van der Waals surface area contributed by atoms with Gasteiger partial charge in [-0.1, -0.05) is 19.1 Å². The van der Waals surface area contributed by atoms with Gasteiger partial charge in [0.25, 0.3) is 0 Å². The van der Waals surface area contributed by atoms with E-state index in [1.54, 1.807) is 7.11 Å². The highest BCUT2D eigenvalue weighted by Gasteiger charge is 2.29. The monoisotopic (exact) mass is 333 g/mol. The largest absolute Gasteiger partial charge is 0.497 e. The van der Waals surface area contributed by atoms with Gasteiger partial charge in [-0.15, -0.1) is 0 Å². The predicted molar refractivity (Wildman–Crippen MR) is 92.1 cm³/mol. The molecule has 5 nitrogen and oxygen atoms in total. The summed E-state index contributed by atoms with van der Waals surface area (Å²) >= 11 is 0. The number of benzene rings is 1. The molecule has 0 aromatic heterocycles. The highest BCUT2D eigenvalue weighted by molar-refractivity contribution is 5.79. The quantitative estimate of drug-likeness (QED) is 0.832. The second-order valence-electron chi connectivity index (χ2n) is 6.57. The fourth-order valence-corrected chi connectivity index (χ4v) is 3.37. The van der Waals surface area contributed by atoms with E-state index in [4.69, 9.17) is 9.84 Å². The van der Waals surface area contributed by atoms with Crippen molar-refractivity contribution >= 4 is 11.9 Å². The summed E-state index contributed by atoms with van der Waals surface area (Å²) in [5.41, 5.74) is 1.11. The first-order chi connectivity index (χ1) is 11.5. The van der Waals surface area contributed by atoms with Crippen molar-refractivity contribution in [2.45, 2.75) is 51.5 Å². The molecule has 0 aliphatic carbocycles. The molecule has 2 rings (SSSR count). The van der Waals surface area contributed by atoms with Gasteiger partial charge in [0.05, 0.1) is 7.11 Å². The van der Waals surface area contributed by atoms with Crippen LogP contribution in [0.2, 0.25) is 0 Å². The van der Waals surface area contributed by atoms with Crippen LogP contribution in [0, 0.1) is 5.92 Å². The Balaban J connectivity index is 1.97. The van der Waals surface area contributed by atoms with E-state index in [2.05, 4.69) is 0 Å². The topological polar surface area (TPSA) is 66.8 Å². The first-order valence-corrected chi connectivity index (χ1v) is 8.66. The van der Waals surface area contributed by atoms with Gasteiger partial charge in [-0.25, -0.2) is 0 Å². The van der Waals surface area contributed by atoms with Crippen LogP contribution in [0.15, 0.2) is 24.3 Å². The lowest BCUT2D eigenvalue weighted by atomic mass is 9.94. The SMILES string of the molecule is COc1ccc(CC(C)C(=O)N2CCCCC2CCC(=O)O)cc1. The number of aliphatic carboxylic acids is 1. The van der Waals surface area contributed by atoms with Gasteiger partial charge in [-0.2, -0.15) is 0 Å². The molecule has 1 fully saturated rings. The molecule has 2 atom stereocenters. The zero-order chi connectivity index (χ0) is 17.5. The number of rotatable bonds is 7. The fraction of sp³-hybridized carbons (Fsp3) is 0.579. The molecule has 1 amide bonds. The van der Waals surface area contributed by atoms with Gasteiger partial charge in [0.15, 0.2) is 0 Å². The number of piperidine rings is 1. The number of methoxy groups -OCH3 is 1.